The molecule has 215 valence electrons. The molecule has 1 radical (unpaired) electrons. The largest absolute Gasteiger partial charge is 0.493 e. The monoisotopic (exact) mass is 545 g/mol. The Balaban J connectivity index is 0.00000387. The molecule has 1 N–H and O–H groups in total. The Morgan fingerprint density at radius 1 is 1.12 bits per heavy atom. The second-order valence-corrected chi connectivity index (χ2v) is 11.4. The van der Waals surface area contributed by atoms with Crippen LogP contribution in [-0.4, -0.2) is 56.2 Å². The van der Waals surface area contributed by atoms with Crippen LogP contribution in [-0.2, 0) is 4.74 Å². The van der Waals surface area contributed by atoms with Crippen molar-refractivity contribution in [3.05, 3.63) is 89.0 Å². The van der Waals surface area contributed by atoms with Crippen LogP contribution in [0.2, 0.25) is 0 Å². The van der Waals surface area contributed by atoms with E-state index in [9.17, 15) is 4.79 Å². The fourth-order valence-electron chi connectivity index (χ4n) is 5.85. The third-order valence-electron chi connectivity index (χ3n) is 7.93. The van der Waals surface area contributed by atoms with Crippen LogP contribution in [0.4, 0.5) is 0 Å². The molecule has 0 spiro atoms. The molecule has 1 fully saturated rings. The van der Waals surface area contributed by atoms with Crippen molar-refractivity contribution in [1.29, 1.82) is 0 Å². The number of allylic oxidation sites excluding steroid dienone is 2. The molecule has 6 nitrogen and oxygen atoms in total. The Morgan fingerprint density at radius 2 is 1.90 bits per heavy atom. The number of rotatable bonds is 14. The first-order valence-electron chi connectivity index (χ1n) is 14.8. The predicted octanol–water partition coefficient (Wildman–Crippen LogP) is 6.67. The highest BCUT2D eigenvalue weighted by Gasteiger charge is 2.34. The summed E-state index contributed by atoms with van der Waals surface area (Å²) in [5, 5.41) is 3.70. The normalized spacial score (nSPS) is 18.1. The fourth-order valence-corrected chi connectivity index (χ4v) is 5.85. The van der Waals surface area contributed by atoms with Gasteiger partial charge in [-0.3, -0.25) is 4.79 Å². The standard InChI is InChI=1S/C34H43N2O4.H2/c1-23(2)40-28-13-10-25(11-14-28)32(37)9-7-8-24(3)35-31(22-36-17-5-6-18-36)34(38-4)27-12-15-29-30-20-26(30)16-19-39-33(29)21-27;/h10-15,20-21,23,31,34-35H,3,5-9,16-19,22H2,1-2,4H3;1H/t31?,34-;/m1./s1. The second-order valence-electron chi connectivity index (χ2n) is 11.4. The Labute approximate surface area is 240 Å². The Morgan fingerprint density at radius 3 is 2.62 bits per heavy atom. The lowest BCUT2D eigenvalue weighted by atomic mass is 9.96. The lowest BCUT2D eigenvalue weighted by Gasteiger charge is -2.32. The van der Waals surface area contributed by atoms with Crippen molar-refractivity contribution in [3.63, 3.8) is 0 Å². The van der Waals surface area contributed by atoms with Crippen LogP contribution in [0.3, 0.4) is 0 Å². The maximum atomic E-state index is 12.8. The molecule has 2 aromatic carbocycles. The van der Waals surface area contributed by atoms with Gasteiger partial charge in [-0.1, -0.05) is 30.4 Å². The Bertz CT molecular complexity index is 1220. The van der Waals surface area contributed by atoms with Crippen molar-refractivity contribution < 1.29 is 20.4 Å². The first-order valence-corrected chi connectivity index (χ1v) is 14.8. The number of nitrogens with one attached hydrogen (secondary N) is 1. The molecule has 2 aromatic rings. The van der Waals surface area contributed by atoms with E-state index in [-0.39, 0.29) is 25.5 Å². The quantitative estimate of drug-likeness (QED) is 0.268. The lowest BCUT2D eigenvalue weighted by molar-refractivity contribution is 0.0584. The average Bonchev–Trinajstić information content (AvgIpc) is 3.55. The highest BCUT2D eigenvalue weighted by Crippen LogP contribution is 2.47. The van der Waals surface area contributed by atoms with Crippen LogP contribution in [0.5, 0.6) is 11.5 Å². The third kappa shape index (κ3) is 7.15. The van der Waals surface area contributed by atoms with Gasteiger partial charge in [-0.25, -0.2) is 0 Å². The van der Waals surface area contributed by atoms with Gasteiger partial charge in [0, 0.05) is 44.7 Å². The predicted molar refractivity (Wildman–Crippen MR) is 161 cm³/mol. The van der Waals surface area contributed by atoms with Crippen molar-refractivity contribution in [2.45, 2.75) is 70.6 Å². The zero-order chi connectivity index (χ0) is 28.1. The minimum atomic E-state index is -0.153. The molecule has 3 aliphatic rings. The first-order chi connectivity index (χ1) is 19.4. The van der Waals surface area contributed by atoms with E-state index in [0.717, 1.165) is 67.2 Å². The van der Waals surface area contributed by atoms with E-state index in [4.69, 9.17) is 14.2 Å². The van der Waals surface area contributed by atoms with Crippen molar-refractivity contribution >= 4 is 5.78 Å². The summed E-state index contributed by atoms with van der Waals surface area (Å²) in [5.74, 6) is 3.21. The first kappa shape index (κ1) is 28.4. The summed E-state index contributed by atoms with van der Waals surface area (Å²) in [7, 11) is 1.78. The van der Waals surface area contributed by atoms with Crippen LogP contribution in [0.15, 0.2) is 66.4 Å². The van der Waals surface area contributed by atoms with E-state index >= 15 is 0 Å². The van der Waals surface area contributed by atoms with Crippen molar-refractivity contribution in [2.75, 3.05) is 33.4 Å². The second kappa shape index (κ2) is 13.0. The summed E-state index contributed by atoms with van der Waals surface area (Å²) >= 11 is 0. The number of carbonyl (C=O) groups excluding carboxylic acids is 1. The average molecular weight is 546 g/mol. The topological polar surface area (TPSA) is 60.0 Å². The SMILES string of the molecule is C=C(CCCC(=O)c1ccc(OC(C)C)cc1)NC(CN1CCCC1)[C@H](OC)c1ccc2c(c1)OCCC1=C[C]12.[HH]. The number of carbonyl (C=O) groups is 1. The minimum Gasteiger partial charge on any atom is -0.493 e. The number of ketones is 1. The smallest absolute Gasteiger partial charge is 0.162 e. The van der Waals surface area contributed by atoms with Gasteiger partial charge in [-0.2, -0.15) is 0 Å². The lowest BCUT2D eigenvalue weighted by Crippen LogP contribution is -2.44. The van der Waals surface area contributed by atoms with E-state index < -0.39 is 0 Å². The zero-order valence-corrected chi connectivity index (χ0v) is 24.2. The maximum absolute atomic E-state index is 12.8. The maximum Gasteiger partial charge on any atom is 0.162 e. The Hall–Kier alpha value is -3.09. The van der Waals surface area contributed by atoms with E-state index in [0.29, 0.717) is 13.0 Å². The molecule has 0 amide bonds. The van der Waals surface area contributed by atoms with Crippen LogP contribution >= 0.6 is 0 Å². The molecular weight excluding hydrogens is 500 g/mol. The summed E-state index contributed by atoms with van der Waals surface area (Å²) in [6.07, 6.45) is 7.61. The molecule has 0 saturated carbocycles. The minimum absolute atomic E-state index is 0. The third-order valence-corrected chi connectivity index (χ3v) is 7.93. The summed E-state index contributed by atoms with van der Waals surface area (Å²) in [6.45, 7) is 12.1. The summed E-state index contributed by atoms with van der Waals surface area (Å²) in [5.41, 5.74) is 5.36. The van der Waals surface area contributed by atoms with Crippen molar-refractivity contribution in [3.8, 4) is 11.5 Å². The molecule has 6 heteroatoms. The Kier molecular flexibility index (Phi) is 9.28. The number of hydrogen-bond acceptors (Lipinski definition) is 6. The van der Waals surface area contributed by atoms with Gasteiger partial charge >= 0.3 is 0 Å². The zero-order valence-electron chi connectivity index (χ0n) is 24.2. The van der Waals surface area contributed by atoms with E-state index in [2.05, 4.69) is 41.1 Å². The molecule has 40 heavy (non-hydrogen) atoms. The number of nitrogens with zero attached hydrogens (tertiary/aromatic N) is 1. The van der Waals surface area contributed by atoms with E-state index in [1.54, 1.807) is 7.11 Å². The van der Waals surface area contributed by atoms with Crippen LogP contribution in [0, 0.1) is 5.92 Å². The van der Waals surface area contributed by atoms with Gasteiger partial charge in [0.05, 0.1) is 24.7 Å². The highest BCUT2D eigenvalue weighted by molar-refractivity contribution is 5.96. The van der Waals surface area contributed by atoms with Gasteiger partial charge in [-0.15, -0.1) is 0 Å². The van der Waals surface area contributed by atoms with Crippen molar-refractivity contribution in [2.24, 2.45) is 0 Å². The molecule has 2 heterocycles. The van der Waals surface area contributed by atoms with Crippen LogP contribution in [0.25, 0.3) is 0 Å². The molecule has 2 atom stereocenters. The highest BCUT2D eigenvalue weighted by atomic mass is 16.5. The van der Waals surface area contributed by atoms with Gasteiger partial charge in [0.2, 0.25) is 0 Å². The molecule has 5 rings (SSSR count). The van der Waals surface area contributed by atoms with Gasteiger partial charge in [0.1, 0.15) is 17.6 Å². The van der Waals surface area contributed by atoms with E-state index in [1.807, 2.05) is 38.1 Å². The molecule has 0 aromatic heterocycles. The number of benzene rings is 2. The number of hydrogen-bond donors (Lipinski definition) is 1. The molecule has 1 unspecified atom stereocenters. The van der Waals surface area contributed by atoms with E-state index in [1.165, 1.54) is 29.9 Å². The number of fused-ring (bicyclic) bond motifs is 3. The molecule has 0 bridgehead atoms. The number of ether oxygens (including phenoxy) is 3. The van der Waals surface area contributed by atoms with Gasteiger partial charge in [0.15, 0.2) is 5.78 Å². The summed E-state index contributed by atoms with van der Waals surface area (Å²) in [6, 6.07) is 14.0. The van der Waals surface area contributed by atoms with Gasteiger partial charge in [-0.05, 0) is 88.5 Å². The molecule has 2 aliphatic heterocycles. The number of Topliss-reactive ketones (excluding diaryl/α,β-unsaturated/α-hetero) is 1. The summed E-state index contributed by atoms with van der Waals surface area (Å²) < 4.78 is 17.9. The van der Waals surface area contributed by atoms with Gasteiger partial charge in [0.25, 0.3) is 0 Å². The number of methoxy groups -OCH3 is 1. The summed E-state index contributed by atoms with van der Waals surface area (Å²) in [4.78, 5) is 15.3. The fraction of sp³-hybridized carbons (Fsp3) is 0.471. The van der Waals surface area contributed by atoms with Crippen LogP contribution < -0.4 is 14.8 Å². The molecule has 1 saturated heterocycles. The molecule has 1 aliphatic carbocycles. The van der Waals surface area contributed by atoms with Crippen LogP contribution in [0.1, 0.15) is 81.4 Å². The molecular formula is C34H45N2O4. The van der Waals surface area contributed by atoms with Crippen molar-refractivity contribution in [1.82, 2.24) is 10.2 Å². The number of likely N-dealkylation sites (tertiary alicyclic amines) is 1. The van der Waals surface area contributed by atoms with Gasteiger partial charge < -0.3 is 24.4 Å².